The molecule has 0 aromatic carbocycles. The van der Waals surface area contributed by atoms with Crippen molar-refractivity contribution in [1.29, 1.82) is 0 Å². The molecule has 3 aromatic rings. The van der Waals surface area contributed by atoms with E-state index >= 15 is 0 Å². The highest BCUT2D eigenvalue weighted by atomic mass is 14.8. The van der Waals surface area contributed by atoms with Crippen LogP contribution >= 0.6 is 0 Å². The van der Waals surface area contributed by atoms with Gasteiger partial charge in [0.05, 0.1) is 11.4 Å². The quantitative estimate of drug-likeness (QED) is 0.757. The molecule has 92 valence electrons. The summed E-state index contributed by atoms with van der Waals surface area (Å²) in [7, 11) is 0. The van der Waals surface area contributed by atoms with E-state index in [1.54, 1.807) is 24.7 Å². The number of aromatic nitrogens is 3. The predicted octanol–water partition coefficient (Wildman–Crippen LogP) is 2.79. The van der Waals surface area contributed by atoms with Crippen LogP contribution in [0.1, 0.15) is 0 Å². The van der Waals surface area contributed by atoms with E-state index < -0.39 is 0 Å². The summed E-state index contributed by atoms with van der Waals surface area (Å²) in [5.74, 6) is 0.499. The largest absolute Gasteiger partial charge is 0.384 e. The molecular weight excluding hydrogens is 236 g/mol. The van der Waals surface area contributed by atoms with Crippen LogP contribution in [0.4, 0.5) is 5.82 Å². The first kappa shape index (κ1) is 11.3. The van der Waals surface area contributed by atoms with E-state index in [2.05, 4.69) is 15.0 Å². The van der Waals surface area contributed by atoms with Crippen LogP contribution in [-0.2, 0) is 0 Å². The molecule has 0 amide bonds. The molecule has 0 saturated carbocycles. The summed E-state index contributed by atoms with van der Waals surface area (Å²) < 4.78 is 0. The van der Waals surface area contributed by atoms with Gasteiger partial charge in [0.1, 0.15) is 5.82 Å². The second kappa shape index (κ2) is 4.86. The van der Waals surface area contributed by atoms with Crippen LogP contribution in [0.5, 0.6) is 0 Å². The third-order valence-electron chi connectivity index (χ3n) is 2.81. The highest BCUT2D eigenvalue weighted by Gasteiger charge is 2.09. The van der Waals surface area contributed by atoms with Crippen molar-refractivity contribution in [3.05, 3.63) is 61.1 Å². The van der Waals surface area contributed by atoms with Gasteiger partial charge in [-0.3, -0.25) is 9.97 Å². The molecule has 0 aliphatic rings. The normalized spacial score (nSPS) is 10.3. The summed E-state index contributed by atoms with van der Waals surface area (Å²) in [5.41, 5.74) is 9.26. The first-order valence-corrected chi connectivity index (χ1v) is 5.93. The smallest absolute Gasteiger partial charge is 0.123 e. The summed E-state index contributed by atoms with van der Waals surface area (Å²) in [6, 6.07) is 13.4. The monoisotopic (exact) mass is 248 g/mol. The van der Waals surface area contributed by atoms with E-state index in [9.17, 15) is 0 Å². The number of pyridine rings is 3. The number of nitrogens with two attached hydrogens (primary N) is 1. The second-order valence-corrected chi connectivity index (χ2v) is 4.09. The lowest BCUT2D eigenvalue weighted by Crippen LogP contribution is -1.93. The lowest BCUT2D eigenvalue weighted by molar-refractivity contribution is 1.26. The molecule has 3 rings (SSSR count). The van der Waals surface area contributed by atoms with E-state index in [0.717, 1.165) is 22.5 Å². The molecule has 0 spiro atoms. The van der Waals surface area contributed by atoms with Crippen molar-refractivity contribution >= 4 is 5.82 Å². The SMILES string of the molecule is Nc1ccc(-c2ncccc2-c2ccccn2)cn1. The molecule has 0 unspecified atom stereocenters. The maximum absolute atomic E-state index is 5.61. The molecule has 0 bridgehead atoms. The van der Waals surface area contributed by atoms with Gasteiger partial charge in [0.15, 0.2) is 0 Å². The Morgan fingerprint density at radius 2 is 1.68 bits per heavy atom. The van der Waals surface area contributed by atoms with E-state index in [1.165, 1.54) is 0 Å². The topological polar surface area (TPSA) is 64.7 Å². The molecule has 0 saturated heterocycles. The van der Waals surface area contributed by atoms with Crippen LogP contribution in [0, 0.1) is 0 Å². The Kier molecular flexibility index (Phi) is 2.90. The van der Waals surface area contributed by atoms with Gasteiger partial charge in [-0.1, -0.05) is 6.07 Å². The van der Waals surface area contributed by atoms with Gasteiger partial charge in [-0.05, 0) is 36.4 Å². The molecule has 4 heteroatoms. The standard InChI is InChI=1S/C15H12N4/c16-14-7-6-11(10-19-14)15-12(4-3-9-18-15)13-5-1-2-8-17-13/h1-10H,(H2,16,19). The maximum atomic E-state index is 5.61. The zero-order valence-electron chi connectivity index (χ0n) is 10.2. The van der Waals surface area contributed by atoms with E-state index in [1.807, 2.05) is 36.4 Å². The summed E-state index contributed by atoms with van der Waals surface area (Å²) in [6.07, 6.45) is 5.26. The Balaban J connectivity index is 2.15. The van der Waals surface area contributed by atoms with E-state index in [4.69, 9.17) is 5.73 Å². The van der Waals surface area contributed by atoms with E-state index in [-0.39, 0.29) is 0 Å². The molecule has 2 N–H and O–H groups in total. The van der Waals surface area contributed by atoms with Gasteiger partial charge < -0.3 is 5.73 Å². The van der Waals surface area contributed by atoms with Gasteiger partial charge in [0.25, 0.3) is 0 Å². The van der Waals surface area contributed by atoms with Crippen molar-refractivity contribution in [1.82, 2.24) is 15.0 Å². The lowest BCUT2D eigenvalue weighted by Gasteiger charge is -2.07. The number of hydrogen-bond acceptors (Lipinski definition) is 4. The Morgan fingerprint density at radius 1 is 0.789 bits per heavy atom. The zero-order chi connectivity index (χ0) is 13.1. The lowest BCUT2D eigenvalue weighted by atomic mass is 10.0. The molecule has 3 aromatic heterocycles. The van der Waals surface area contributed by atoms with Crippen molar-refractivity contribution in [3.63, 3.8) is 0 Å². The van der Waals surface area contributed by atoms with E-state index in [0.29, 0.717) is 5.82 Å². The fourth-order valence-electron chi connectivity index (χ4n) is 1.91. The predicted molar refractivity (Wildman–Crippen MR) is 75.1 cm³/mol. The third-order valence-corrected chi connectivity index (χ3v) is 2.81. The number of nitrogens with zero attached hydrogens (tertiary/aromatic N) is 3. The van der Waals surface area contributed by atoms with Crippen LogP contribution in [0.3, 0.4) is 0 Å². The van der Waals surface area contributed by atoms with Crippen LogP contribution in [0.15, 0.2) is 61.1 Å². The van der Waals surface area contributed by atoms with Gasteiger partial charge in [-0.25, -0.2) is 4.98 Å². The number of nitrogen functional groups attached to an aromatic ring is 1. The molecule has 0 radical (unpaired) electrons. The minimum atomic E-state index is 0.499. The Morgan fingerprint density at radius 3 is 2.42 bits per heavy atom. The Hall–Kier alpha value is -2.75. The highest BCUT2D eigenvalue weighted by Crippen LogP contribution is 2.28. The first-order valence-electron chi connectivity index (χ1n) is 5.93. The van der Waals surface area contributed by atoms with Crippen LogP contribution in [-0.4, -0.2) is 15.0 Å². The van der Waals surface area contributed by atoms with Gasteiger partial charge in [-0.2, -0.15) is 0 Å². The van der Waals surface area contributed by atoms with Crippen LogP contribution in [0.25, 0.3) is 22.5 Å². The molecule has 0 aliphatic carbocycles. The van der Waals surface area contributed by atoms with Gasteiger partial charge in [0, 0.05) is 29.7 Å². The average molecular weight is 248 g/mol. The Labute approximate surface area is 111 Å². The van der Waals surface area contributed by atoms with Crippen molar-refractivity contribution in [3.8, 4) is 22.5 Å². The Bertz CT molecular complexity index is 678. The van der Waals surface area contributed by atoms with Crippen molar-refractivity contribution in [2.75, 3.05) is 5.73 Å². The highest BCUT2D eigenvalue weighted by molar-refractivity contribution is 5.78. The molecule has 4 nitrogen and oxygen atoms in total. The summed E-state index contributed by atoms with van der Waals surface area (Å²) in [4.78, 5) is 12.9. The molecule has 0 atom stereocenters. The minimum Gasteiger partial charge on any atom is -0.384 e. The maximum Gasteiger partial charge on any atom is 0.123 e. The zero-order valence-corrected chi connectivity index (χ0v) is 10.2. The van der Waals surface area contributed by atoms with Gasteiger partial charge in [-0.15, -0.1) is 0 Å². The van der Waals surface area contributed by atoms with Crippen LogP contribution in [0.2, 0.25) is 0 Å². The summed E-state index contributed by atoms with van der Waals surface area (Å²) in [6.45, 7) is 0. The molecule has 0 aliphatic heterocycles. The molecule has 3 heterocycles. The summed E-state index contributed by atoms with van der Waals surface area (Å²) in [5, 5.41) is 0. The average Bonchev–Trinajstić information content (AvgIpc) is 2.49. The number of anilines is 1. The third kappa shape index (κ3) is 2.28. The molecule has 0 fully saturated rings. The first-order chi connectivity index (χ1) is 9.34. The number of hydrogen-bond donors (Lipinski definition) is 1. The fourth-order valence-corrected chi connectivity index (χ4v) is 1.91. The fraction of sp³-hybridized carbons (Fsp3) is 0. The second-order valence-electron chi connectivity index (χ2n) is 4.09. The minimum absolute atomic E-state index is 0.499. The van der Waals surface area contributed by atoms with Crippen LogP contribution < -0.4 is 5.73 Å². The van der Waals surface area contributed by atoms with Crippen molar-refractivity contribution in [2.45, 2.75) is 0 Å². The molecular formula is C15H12N4. The number of rotatable bonds is 2. The van der Waals surface area contributed by atoms with Crippen molar-refractivity contribution < 1.29 is 0 Å². The van der Waals surface area contributed by atoms with Gasteiger partial charge in [0.2, 0.25) is 0 Å². The van der Waals surface area contributed by atoms with Crippen molar-refractivity contribution in [2.24, 2.45) is 0 Å². The summed E-state index contributed by atoms with van der Waals surface area (Å²) >= 11 is 0. The molecule has 19 heavy (non-hydrogen) atoms. The van der Waals surface area contributed by atoms with Gasteiger partial charge >= 0.3 is 0 Å².